The summed E-state index contributed by atoms with van der Waals surface area (Å²) in [6.07, 6.45) is 0.915. The van der Waals surface area contributed by atoms with E-state index in [0.29, 0.717) is 12.8 Å². The van der Waals surface area contributed by atoms with Crippen molar-refractivity contribution in [3.63, 3.8) is 0 Å². The van der Waals surface area contributed by atoms with E-state index in [1.807, 2.05) is 31.2 Å². The summed E-state index contributed by atoms with van der Waals surface area (Å²) in [5.41, 5.74) is 1.88. The van der Waals surface area contributed by atoms with E-state index in [2.05, 4.69) is 10.6 Å². The molecule has 1 saturated heterocycles. The minimum absolute atomic E-state index is 0.180. The Labute approximate surface area is 122 Å². The van der Waals surface area contributed by atoms with Crippen molar-refractivity contribution in [3.05, 3.63) is 35.4 Å². The van der Waals surface area contributed by atoms with E-state index in [0.717, 1.165) is 11.1 Å². The lowest BCUT2D eigenvalue weighted by molar-refractivity contribution is -0.142. The molecule has 0 unspecified atom stereocenters. The van der Waals surface area contributed by atoms with Crippen molar-refractivity contribution in [2.75, 3.05) is 0 Å². The highest BCUT2D eigenvalue weighted by atomic mass is 16.4. The van der Waals surface area contributed by atoms with Crippen LogP contribution in [0.3, 0.4) is 0 Å². The van der Waals surface area contributed by atoms with Crippen molar-refractivity contribution in [2.45, 2.75) is 38.3 Å². The van der Waals surface area contributed by atoms with Crippen molar-refractivity contribution in [2.24, 2.45) is 0 Å². The molecule has 21 heavy (non-hydrogen) atoms. The summed E-state index contributed by atoms with van der Waals surface area (Å²) in [6, 6.07) is 5.86. The fraction of sp³-hybridized carbons (Fsp3) is 0.400. The lowest BCUT2D eigenvalue weighted by Crippen LogP contribution is -2.49. The number of rotatable bonds is 5. The van der Waals surface area contributed by atoms with Gasteiger partial charge in [0.2, 0.25) is 11.8 Å². The van der Waals surface area contributed by atoms with E-state index in [1.54, 1.807) is 0 Å². The first-order valence-corrected chi connectivity index (χ1v) is 6.84. The van der Waals surface area contributed by atoms with Gasteiger partial charge in [0.25, 0.3) is 0 Å². The van der Waals surface area contributed by atoms with Crippen LogP contribution < -0.4 is 10.6 Å². The Bertz CT molecular complexity index is 571. The maximum atomic E-state index is 12.0. The van der Waals surface area contributed by atoms with Gasteiger partial charge in [0, 0.05) is 12.8 Å². The molecule has 2 atom stereocenters. The molecule has 0 aliphatic carbocycles. The fourth-order valence-electron chi connectivity index (χ4n) is 2.36. The number of hydrogen-bond donors (Lipinski definition) is 3. The zero-order valence-electron chi connectivity index (χ0n) is 11.8. The highest BCUT2D eigenvalue weighted by molar-refractivity contribution is 5.92. The van der Waals surface area contributed by atoms with Gasteiger partial charge in [-0.1, -0.05) is 29.8 Å². The van der Waals surface area contributed by atoms with Crippen LogP contribution in [0.15, 0.2) is 24.3 Å². The zero-order chi connectivity index (χ0) is 15.4. The molecule has 1 aromatic carbocycles. The third-order valence-electron chi connectivity index (χ3n) is 3.45. The minimum Gasteiger partial charge on any atom is -0.480 e. The van der Waals surface area contributed by atoms with E-state index in [4.69, 9.17) is 0 Å². The zero-order valence-corrected chi connectivity index (χ0v) is 11.8. The topological polar surface area (TPSA) is 95.5 Å². The number of carbonyl (C=O) groups is 3. The number of amides is 2. The summed E-state index contributed by atoms with van der Waals surface area (Å²) in [5, 5.41) is 14.3. The normalized spacial score (nSPS) is 18.9. The van der Waals surface area contributed by atoms with Crippen LogP contribution in [0.5, 0.6) is 0 Å². The molecule has 1 heterocycles. The van der Waals surface area contributed by atoms with Crippen LogP contribution in [-0.2, 0) is 20.8 Å². The van der Waals surface area contributed by atoms with E-state index in [9.17, 15) is 19.5 Å². The molecular formula is C15H18N2O4. The number of hydrogen-bond acceptors (Lipinski definition) is 3. The van der Waals surface area contributed by atoms with Crippen molar-refractivity contribution in [1.29, 1.82) is 0 Å². The van der Waals surface area contributed by atoms with E-state index >= 15 is 0 Å². The van der Waals surface area contributed by atoms with Crippen LogP contribution in [0, 0.1) is 6.92 Å². The predicted octanol–water partition coefficient (Wildman–Crippen LogP) is 0.386. The Morgan fingerprint density at radius 2 is 2.24 bits per heavy atom. The lowest BCUT2D eigenvalue weighted by atomic mass is 10.0. The van der Waals surface area contributed by atoms with Crippen molar-refractivity contribution in [3.8, 4) is 0 Å². The molecule has 2 rings (SSSR count). The summed E-state index contributed by atoms with van der Waals surface area (Å²) in [7, 11) is 0. The number of carbonyl (C=O) groups excluding carboxylic acids is 2. The average molecular weight is 290 g/mol. The van der Waals surface area contributed by atoms with Gasteiger partial charge in [-0.05, 0) is 18.9 Å². The van der Waals surface area contributed by atoms with Crippen LogP contribution in [-0.4, -0.2) is 35.0 Å². The van der Waals surface area contributed by atoms with Gasteiger partial charge in [0.1, 0.15) is 12.1 Å². The summed E-state index contributed by atoms with van der Waals surface area (Å²) >= 11 is 0. The molecule has 0 saturated carbocycles. The van der Waals surface area contributed by atoms with Crippen LogP contribution in [0.1, 0.15) is 24.0 Å². The Balaban J connectivity index is 2.00. The van der Waals surface area contributed by atoms with Gasteiger partial charge in [0.05, 0.1) is 0 Å². The fourth-order valence-corrected chi connectivity index (χ4v) is 2.36. The predicted molar refractivity (Wildman–Crippen MR) is 75.6 cm³/mol. The monoisotopic (exact) mass is 290 g/mol. The second-order valence-electron chi connectivity index (χ2n) is 5.25. The molecule has 0 bridgehead atoms. The smallest absolute Gasteiger partial charge is 0.326 e. The molecule has 0 aromatic heterocycles. The van der Waals surface area contributed by atoms with Crippen molar-refractivity contribution < 1.29 is 19.5 Å². The Hall–Kier alpha value is -2.37. The first-order valence-electron chi connectivity index (χ1n) is 6.84. The number of carboxylic acids is 1. The van der Waals surface area contributed by atoms with Crippen LogP contribution in [0.4, 0.5) is 0 Å². The SMILES string of the molecule is Cc1cccc(C[C@@H](NC(=O)[C@H]2CCC(=O)N2)C(=O)O)c1. The van der Waals surface area contributed by atoms with Gasteiger partial charge < -0.3 is 15.7 Å². The number of benzene rings is 1. The van der Waals surface area contributed by atoms with E-state index in [1.165, 1.54) is 0 Å². The summed E-state index contributed by atoms with van der Waals surface area (Å²) in [5.74, 6) is -1.71. The Kier molecular flexibility index (Phi) is 4.57. The molecular weight excluding hydrogens is 272 g/mol. The molecule has 1 aliphatic rings. The summed E-state index contributed by atoms with van der Waals surface area (Å²) in [6.45, 7) is 1.92. The van der Waals surface area contributed by atoms with Gasteiger partial charge in [-0.2, -0.15) is 0 Å². The highest BCUT2D eigenvalue weighted by Gasteiger charge is 2.30. The molecule has 1 aliphatic heterocycles. The summed E-state index contributed by atoms with van der Waals surface area (Å²) < 4.78 is 0. The minimum atomic E-state index is -1.09. The van der Waals surface area contributed by atoms with Crippen LogP contribution in [0.25, 0.3) is 0 Å². The maximum Gasteiger partial charge on any atom is 0.326 e. The van der Waals surface area contributed by atoms with E-state index < -0.39 is 24.0 Å². The standard InChI is InChI=1S/C15H18N2O4/c1-9-3-2-4-10(7-9)8-12(15(20)21)17-14(19)11-5-6-13(18)16-11/h2-4,7,11-12H,5-6,8H2,1H3,(H,16,18)(H,17,19)(H,20,21)/t11-,12-/m1/s1. The average Bonchev–Trinajstić information content (AvgIpc) is 2.84. The molecule has 0 spiro atoms. The second-order valence-corrected chi connectivity index (χ2v) is 5.25. The molecule has 112 valence electrons. The third-order valence-corrected chi connectivity index (χ3v) is 3.45. The molecule has 1 fully saturated rings. The van der Waals surface area contributed by atoms with Gasteiger partial charge >= 0.3 is 5.97 Å². The number of carboxylic acid groups (broad SMARTS) is 1. The first-order chi connectivity index (χ1) is 9.95. The van der Waals surface area contributed by atoms with E-state index in [-0.39, 0.29) is 12.3 Å². The van der Waals surface area contributed by atoms with Gasteiger partial charge in [-0.15, -0.1) is 0 Å². The largest absolute Gasteiger partial charge is 0.480 e. The molecule has 2 amide bonds. The lowest BCUT2D eigenvalue weighted by Gasteiger charge is -2.17. The van der Waals surface area contributed by atoms with Gasteiger partial charge in [-0.25, -0.2) is 4.79 Å². The van der Waals surface area contributed by atoms with Gasteiger partial charge in [0.15, 0.2) is 0 Å². The van der Waals surface area contributed by atoms with Crippen LogP contribution >= 0.6 is 0 Å². The summed E-state index contributed by atoms with van der Waals surface area (Å²) in [4.78, 5) is 34.4. The first kappa shape index (κ1) is 15.0. The number of nitrogens with one attached hydrogen (secondary N) is 2. The second kappa shape index (κ2) is 6.39. The van der Waals surface area contributed by atoms with Crippen molar-refractivity contribution in [1.82, 2.24) is 10.6 Å². The maximum absolute atomic E-state index is 12.0. The molecule has 1 aromatic rings. The number of aryl methyl sites for hydroxylation is 1. The molecule has 3 N–H and O–H groups in total. The van der Waals surface area contributed by atoms with Crippen molar-refractivity contribution >= 4 is 17.8 Å². The quantitative estimate of drug-likeness (QED) is 0.731. The number of aliphatic carboxylic acids is 1. The third kappa shape index (κ3) is 4.05. The molecule has 0 radical (unpaired) electrons. The van der Waals surface area contributed by atoms with Gasteiger partial charge in [-0.3, -0.25) is 9.59 Å². The van der Waals surface area contributed by atoms with Crippen LogP contribution in [0.2, 0.25) is 0 Å². The Morgan fingerprint density at radius 1 is 1.48 bits per heavy atom. The highest BCUT2D eigenvalue weighted by Crippen LogP contribution is 2.10. The molecule has 6 heteroatoms. The Morgan fingerprint density at radius 3 is 2.81 bits per heavy atom. The molecule has 6 nitrogen and oxygen atoms in total.